The van der Waals surface area contributed by atoms with Crippen molar-refractivity contribution in [2.24, 2.45) is 0 Å². The van der Waals surface area contributed by atoms with Crippen molar-refractivity contribution in [1.82, 2.24) is 4.57 Å². The fourth-order valence-electron chi connectivity index (χ4n) is 2.55. The lowest BCUT2D eigenvalue weighted by Crippen LogP contribution is -2.14. The van der Waals surface area contributed by atoms with Crippen LogP contribution < -0.4 is 10.5 Å². The number of sulfonamides is 1. The Morgan fingerprint density at radius 1 is 1.16 bits per heavy atom. The van der Waals surface area contributed by atoms with Gasteiger partial charge in [0.2, 0.25) is 0 Å². The Labute approximate surface area is 154 Å². The monoisotopic (exact) mass is 400 g/mol. The first-order valence-corrected chi connectivity index (χ1v) is 9.58. The van der Waals surface area contributed by atoms with Crippen molar-refractivity contribution in [2.75, 3.05) is 4.72 Å². The third-order valence-corrected chi connectivity index (χ3v) is 6.00. The van der Waals surface area contributed by atoms with Gasteiger partial charge in [0, 0.05) is 12.6 Å². The highest BCUT2D eigenvalue weighted by atomic mass is 35.5. The van der Waals surface area contributed by atoms with Crippen molar-refractivity contribution in [2.45, 2.75) is 25.3 Å². The number of rotatable bonds is 4. The van der Waals surface area contributed by atoms with E-state index in [4.69, 9.17) is 27.6 Å². The predicted molar refractivity (Wildman–Crippen MR) is 98.2 cm³/mol. The summed E-state index contributed by atoms with van der Waals surface area (Å²) in [7, 11) is -3.90. The molecule has 0 aliphatic heterocycles. The quantitative estimate of drug-likeness (QED) is 0.716. The van der Waals surface area contributed by atoms with Crippen molar-refractivity contribution >= 4 is 50.0 Å². The van der Waals surface area contributed by atoms with Crippen LogP contribution in [0, 0.1) is 6.92 Å². The van der Waals surface area contributed by atoms with Crippen molar-refractivity contribution in [3.63, 3.8) is 0 Å². The van der Waals surface area contributed by atoms with Crippen LogP contribution >= 0.6 is 23.2 Å². The molecular formula is C16H14Cl2N2O4S. The molecule has 132 valence electrons. The number of hydrogen-bond acceptors (Lipinski definition) is 4. The summed E-state index contributed by atoms with van der Waals surface area (Å²) in [5.74, 6) is -0.524. The maximum absolute atomic E-state index is 12.7. The molecule has 0 fully saturated rings. The minimum Gasteiger partial charge on any atom is -0.408 e. The van der Waals surface area contributed by atoms with Crippen molar-refractivity contribution < 1.29 is 12.8 Å². The molecule has 0 saturated carbocycles. The van der Waals surface area contributed by atoms with Gasteiger partial charge in [0.25, 0.3) is 10.0 Å². The molecule has 0 aliphatic carbocycles. The van der Waals surface area contributed by atoms with Gasteiger partial charge in [0.15, 0.2) is 5.58 Å². The van der Waals surface area contributed by atoms with Gasteiger partial charge in [-0.2, -0.15) is 0 Å². The maximum atomic E-state index is 12.7. The normalized spacial score (nSPS) is 11.8. The molecule has 6 nitrogen and oxygen atoms in total. The first-order chi connectivity index (χ1) is 11.7. The number of benzene rings is 2. The van der Waals surface area contributed by atoms with Crippen molar-refractivity contribution in [3.05, 3.63) is 56.5 Å². The second-order valence-electron chi connectivity index (χ2n) is 5.43. The average Bonchev–Trinajstić information content (AvgIpc) is 2.84. The highest BCUT2D eigenvalue weighted by molar-refractivity contribution is 7.92. The number of aryl methyl sites for hydroxylation is 2. The van der Waals surface area contributed by atoms with Crippen LogP contribution in [-0.4, -0.2) is 13.0 Å². The van der Waals surface area contributed by atoms with Crippen LogP contribution in [0.25, 0.3) is 11.1 Å². The van der Waals surface area contributed by atoms with E-state index >= 15 is 0 Å². The number of oxazole rings is 1. The second kappa shape index (κ2) is 6.40. The molecule has 1 heterocycles. The van der Waals surface area contributed by atoms with E-state index in [2.05, 4.69) is 4.72 Å². The molecule has 2 aromatic carbocycles. The van der Waals surface area contributed by atoms with Gasteiger partial charge in [-0.3, -0.25) is 9.29 Å². The molecule has 0 saturated heterocycles. The Morgan fingerprint density at radius 2 is 1.88 bits per heavy atom. The fraction of sp³-hybridized carbons (Fsp3) is 0.188. The number of anilines is 1. The average molecular weight is 401 g/mol. The van der Waals surface area contributed by atoms with Crippen LogP contribution in [0.1, 0.15) is 12.5 Å². The smallest absolute Gasteiger partial charge is 0.408 e. The summed E-state index contributed by atoms with van der Waals surface area (Å²) in [6.45, 7) is 3.89. The van der Waals surface area contributed by atoms with Gasteiger partial charge in [-0.1, -0.05) is 23.2 Å². The Bertz CT molecular complexity index is 1130. The number of nitrogens with one attached hydrogen (secondary N) is 1. The number of nitrogens with zero attached hydrogens (tertiary/aromatic N) is 1. The zero-order valence-electron chi connectivity index (χ0n) is 13.3. The molecule has 0 radical (unpaired) electrons. The minimum absolute atomic E-state index is 0.0167. The number of aromatic nitrogens is 1. The van der Waals surface area contributed by atoms with E-state index in [0.717, 1.165) is 0 Å². The molecular weight excluding hydrogens is 387 g/mol. The summed E-state index contributed by atoms with van der Waals surface area (Å²) >= 11 is 11.8. The highest BCUT2D eigenvalue weighted by Crippen LogP contribution is 2.28. The van der Waals surface area contributed by atoms with Crippen LogP contribution in [0.5, 0.6) is 0 Å². The number of halogens is 2. The zero-order valence-corrected chi connectivity index (χ0v) is 15.7. The predicted octanol–water partition coefficient (Wildman–Crippen LogP) is 4.03. The Balaban J connectivity index is 2.09. The molecule has 1 N–H and O–H groups in total. The largest absolute Gasteiger partial charge is 0.419 e. The highest BCUT2D eigenvalue weighted by Gasteiger charge is 2.21. The Morgan fingerprint density at radius 3 is 2.52 bits per heavy atom. The van der Waals surface area contributed by atoms with E-state index in [9.17, 15) is 13.2 Å². The molecule has 0 aliphatic rings. The lowest BCUT2D eigenvalue weighted by atomic mass is 10.2. The minimum atomic E-state index is -3.90. The Kier molecular flexibility index (Phi) is 4.57. The van der Waals surface area contributed by atoms with Crippen molar-refractivity contribution in [1.29, 1.82) is 0 Å². The molecule has 0 amide bonds. The summed E-state index contributed by atoms with van der Waals surface area (Å²) in [5.41, 5.74) is 1.54. The summed E-state index contributed by atoms with van der Waals surface area (Å²) < 4.78 is 34.4. The van der Waals surface area contributed by atoms with Gasteiger partial charge in [-0.05, 0) is 43.7 Å². The van der Waals surface area contributed by atoms with E-state index in [1.807, 2.05) is 6.92 Å². The van der Waals surface area contributed by atoms with Gasteiger partial charge >= 0.3 is 5.76 Å². The molecule has 0 bridgehead atoms. The number of fused-ring (bicyclic) bond motifs is 1. The lowest BCUT2D eigenvalue weighted by Gasteiger charge is -2.11. The van der Waals surface area contributed by atoms with Gasteiger partial charge < -0.3 is 4.42 Å². The maximum Gasteiger partial charge on any atom is 0.419 e. The molecule has 0 spiro atoms. The van der Waals surface area contributed by atoms with E-state index in [0.29, 0.717) is 22.6 Å². The van der Waals surface area contributed by atoms with E-state index < -0.39 is 15.8 Å². The number of hydrogen-bond donors (Lipinski definition) is 1. The molecule has 1 aromatic heterocycles. The summed E-state index contributed by atoms with van der Waals surface area (Å²) in [5, 5.41) is 0.560. The van der Waals surface area contributed by atoms with Gasteiger partial charge in [-0.15, -0.1) is 0 Å². The molecule has 25 heavy (non-hydrogen) atoms. The summed E-state index contributed by atoms with van der Waals surface area (Å²) in [6, 6.07) is 7.39. The van der Waals surface area contributed by atoms with Crippen LogP contribution in [0.15, 0.2) is 44.4 Å². The van der Waals surface area contributed by atoms with E-state index in [-0.39, 0.29) is 21.2 Å². The molecule has 9 heteroatoms. The van der Waals surface area contributed by atoms with Gasteiger partial charge in [0.05, 0.1) is 26.1 Å². The topological polar surface area (TPSA) is 81.3 Å². The third kappa shape index (κ3) is 3.27. The van der Waals surface area contributed by atoms with Crippen LogP contribution in [-0.2, 0) is 16.6 Å². The summed E-state index contributed by atoms with van der Waals surface area (Å²) in [4.78, 5) is 11.8. The Hall–Kier alpha value is -1.96. The molecule has 0 atom stereocenters. The molecule has 0 unspecified atom stereocenters. The fourth-order valence-corrected chi connectivity index (χ4v) is 4.14. The van der Waals surface area contributed by atoms with Crippen molar-refractivity contribution in [3.8, 4) is 0 Å². The standard InChI is InChI=1S/C16H14Cl2N2O4S/c1-3-20-13-6-9(2)15(8-14(13)24-16(20)21)25(22,23)19-10-4-5-11(17)12(18)7-10/h4-8,19H,3H2,1-2H3. The third-order valence-electron chi connectivity index (χ3n) is 3.74. The van der Waals surface area contributed by atoms with Gasteiger partial charge in [-0.25, -0.2) is 13.2 Å². The van der Waals surface area contributed by atoms with Crippen LogP contribution in [0.3, 0.4) is 0 Å². The van der Waals surface area contributed by atoms with E-state index in [1.54, 1.807) is 13.0 Å². The first kappa shape index (κ1) is 17.8. The summed E-state index contributed by atoms with van der Waals surface area (Å²) in [6.07, 6.45) is 0. The lowest BCUT2D eigenvalue weighted by molar-refractivity contribution is 0.512. The zero-order chi connectivity index (χ0) is 18.4. The van der Waals surface area contributed by atoms with Crippen LogP contribution in [0.2, 0.25) is 10.0 Å². The first-order valence-electron chi connectivity index (χ1n) is 7.35. The van der Waals surface area contributed by atoms with Crippen LogP contribution in [0.4, 0.5) is 5.69 Å². The molecule has 3 aromatic rings. The SMILES string of the molecule is CCn1c(=O)oc2cc(S(=O)(=O)Nc3ccc(Cl)c(Cl)c3)c(C)cc21. The van der Waals surface area contributed by atoms with E-state index in [1.165, 1.54) is 28.8 Å². The second-order valence-corrected chi connectivity index (χ2v) is 7.90. The van der Waals surface area contributed by atoms with Gasteiger partial charge in [0.1, 0.15) is 0 Å². The molecule has 3 rings (SSSR count).